The summed E-state index contributed by atoms with van der Waals surface area (Å²) in [5, 5.41) is 0.816. The van der Waals surface area contributed by atoms with E-state index in [-0.39, 0.29) is 11.9 Å². The molecule has 0 spiro atoms. The molecule has 0 amide bonds. The third-order valence-corrected chi connectivity index (χ3v) is 4.06. The van der Waals surface area contributed by atoms with Crippen LogP contribution in [0, 0.1) is 12.7 Å². The Balaban J connectivity index is 2.07. The van der Waals surface area contributed by atoms with Gasteiger partial charge in [-0.05, 0) is 56.4 Å². The van der Waals surface area contributed by atoms with Crippen LogP contribution in [0.25, 0.3) is 11.0 Å². The molecular formula is C16H19FN2O. The number of fused-ring (bicyclic) bond motifs is 1. The highest BCUT2D eigenvalue weighted by atomic mass is 19.1. The molecule has 20 heavy (non-hydrogen) atoms. The van der Waals surface area contributed by atoms with E-state index in [0.717, 1.165) is 29.6 Å². The molecule has 1 aromatic heterocycles. The second-order valence-electron chi connectivity index (χ2n) is 5.36. The van der Waals surface area contributed by atoms with E-state index in [1.165, 1.54) is 30.5 Å². The van der Waals surface area contributed by atoms with Crippen molar-refractivity contribution in [2.45, 2.75) is 38.6 Å². The fourth-order valence-corrected chi connectivity index (χ4v) is 2.96. The predicted octanol–water partition coefficient (Wildman–Crippen LogP) is 3.89. The fourth-order valence-electron chi connectivity index (χ4n) is 2.96. The van der Waals surface area contributed by atoms with Gasteiger partial charge in [-0.1, -0.05) is 6.08 Å². The van der Waals surface area contributed by atoms with Gasteiger partial charge in [-0.25, -0.2) is 9.82 Å². The van der Waals surface area contributed by atoms with Crippen molar-refractivity contribution in [3.05, 3.63) is 47.0 Å². The highest BCUT2D eigenvalue weighted by Gasteiger charge is 2.23. The average molecular weight is 274 g/mol. The summed E-state index contributed by atoms with van der Waals surface area (Å²) >= 11 is 0. The maximum atomic E-state index is 13.4. The zero-order chi connectivity index (χ0) is 14.1. The van der Waals surface area contributed by atoms with Crippen LogP contribution < -0.4 is 11.3 Å². The van der Waals surface area contributed by atoms with Crippen LogP contribution in [0.5, 0.6) is 0 Å². The minimum absolute atomic E-state index is 0.120. The van der Waals surface area contributed by atoms with E-state index in [2.05, 4.69) is 11.5 Å². The molecule has 3 rings (SSSR count). The molecule has 0 aliphatic heterocycles. The van der Waals surface area contributed by atoms with Crippen LogP contribution in [0.15, 0.2) is 34.3 Å². The standard InChI is InChI=1S/C16H19FN2O/c1-10-13-9-12(17)7-8-14(13)20-16(10)15(19-18)11-5-3-2-4-6-11/h5,7-9,15,19H,2-4,6,18H2,1H3. The normalized spacial score (nSPS) is 17.2. The van der Waals surface area contributed by atoms with Crippen molar-refractivity contribution in [3.63, 3.8) is 0 Å². The van der Waals surface area contributed by atoms with Crippen LogP contribution in [0.2, 0.25) is 0 Å². The first kappa shape index (κ1) is 13.3. The summed E-state index contributed by atoms with van der Waals surface area (Å²) in [7, 11) is 0. The van der Waals surface area contributed by atoms with Crippen LogP contribution in [0.3, 0.4) is 0 Å². The fraction of sp³-hybridized carbons (Fsp3) is 0.375. The summed E-state index contributed by atoms with van der Waals surface area (Å²) in [6.07, 6.45) is 6.76. The largest absolute Gasteiger partial charge is 0.459 e. The molecule has 3 N–H and O–H groups in total. The van der Waals surface area contributed by atoms with Crippen LogP contribution >= 0.6 is 0 Å². The highest BCUT2D eigenvalue weighted by molar-refractivity contribution is 5.82. The summed E-state index contributed by atoms with van der Waals surface area (Å²) < 4.78 is 19.3. The molecule has 0 bridgehead atoms. The third kappa shape index (κ3) is 2.25. The highest BCUT2D eigenvalue weighted by Crippen LogP contribution is 2.35. The first-order valence-electron chi connectivity index (χ1n) is 7.04. The maximum absolute atomic E-state index is 13.4. The zero-order valence-corrected chi connectivity index (χ0v) is 11.6. The lowest BCUT2D eigenvalue weighted by atomic mass is 9.91. The molecule has 1 atom stereocenters. The van der Waals surface area contributed by atoms with E-state index in [9.17, 15) is 4.39 Å². The van der Waals surface area contributed by atoms with Crippen molar-refractivity contribution in [3.8, 4) is 0 Å². The summed E-state index contributed by atoms with van der Waals surface area (Å²) in [6.45, 7) is 1.95. The van der Waals surface area contributed by atoms with E-state index < -0.39 is 0 Å². The molecular weight excluding hydrogens is 255 g/mol. The Morgan fingerprint density at radius 1 is 1.35 bits per heavy atom. The van der Waals surface area contributed by atoms with E-state index in [4.69, 9.17) is 10.3 Å². The third-order valence-electron chi connectivity index (χ3n) is 4.06. The van der Waals surface area contributed by atoms with Crippen LogP contribution in [0.1, 0.15) is 43.0 Å². The van der Waals surface area contributed by atoms with E-state index in [1.54, 1.807) is 6.07 Å². The lowest BCUT2D eigenvalue weighted by Crippen LogP contribution is -2.30. The number of hydrogen-bond acceptors (Lipinski definition) is 3. The van der Waals surface area contributed by atoms with E-state index in [0.29, 0.717) is 5.58 Å². The number of aryl methyl sites for hydroxylation is 1. The van der Waals surface area contributed by atoms with Crippen LogP contribution in [-0.2, 0) is 0 Å². The number of benzene rings is 1. The Hall–Kier alpha value is -1.65. The molecule has 0 saturated heterocycles. The molecule has 0 saturated carbocycles. The number of furan rings is 1. The average Bonchev–Trinajstić information content (AvgIpc) is 2.78. The maximum Gasteiger partial charge on any atom is 0.134 e. The second kappa shape index (κ2) is 5.38. The molecule has 106 valence electrons. The smallest absolute Gasteiger partial charge is 0.134 e. The molecule has 1 unspecified atom stereocenters. The van der Waals surface area contributed by atoms with Crippen LogP contribution in [-0.4, -0.2) is 0 Å². The topological polar surface area (TPSA) is 51.2 Å². The SMILES string of the molecule is Cc1c(C(NN)C2=CCCCC2)oc2ccc(F)cc12. The van der Waals surface area contributed by atoms with Gasteiger partial charge >= 0.3 is 0 Å². The number of allylic oxidation sites excluding steroid dienone is 1. The number of hydrogen-bond donors (Lipinski definition) is 2. The lowest BCUT2D eigenvalue weighted by molar-refractivity contribution is 0.453. The number of nitrogens with one attached hydrogen (secondary N) is 1. The van der Waals surface area contributed by atoms with Gasteiger partial charge in [0, 0.05) is 10.9 Å². The summed E-state index contributed by atoms with van der Waals surface area (Å²) in [4.78, 5) is 0. The van der Waals surface area contributed by atoms with Gasteiger partial charge in [0.1, 0.15) is 23.2 Å². The predicted molar refractivity (Wildman–Crippen MR) is 77.5 cm³/mol. The molecule has 2 aromatic rings. The van der Waals surface area contributed by atoms with Gasteiger partial charge in [0.05, 0.1) is 0 Å². The molecule has 4 heteroatoms. The minimum atomic E-state index is -0.248. The van der Waals surface area contributed by atoms with Gasteiger partial charge in [-0.3, -0.25) is 5.84 Å². The van der Waals surface area contributed by atoms with Crippen molar-refractivity contribution < 1.29 is 8.81 Å². The van der Waals surface area contributed by atoms with E-state index >= 15 is 0 Å². The number of halogens is 1. The van der Waals surface area contributed by atoms with Crippen molar-refractivity contribution in [1.29, 1.82) is 0 Å². The van der Waals surface area contributed by atoms with Gasteiger partial charge in [-0.2, -0.15) is 0 Å². The minimum Gasteiger partial charge on any atom is -0.459 e. The Morgan fingerprint density at radius 3 is 2.90 bits per heavy atom. The molecule has 0 fully saturated rings. The Bertz CT molecular complexity index is 660. The molecule has 1 heterocycles. The Labute approximate surface area is 117 Å². The molecule has 1 aliphatic rings. The molecule has 1 aliphatic carbocycles. The number of rotatable bonds is 3. The summed E-state index contributed by atoms with van der Waals surface area (Å²) in [5.41, 5.74) is 5.77. The number of nitrogens with two attached hydrogens (primary N) is 1. The zero-order valence-electron chi connectivity index (χ0n) is 11.6. The summed E-state index contributed by atoms with van der Waals surface area (Å²) in [6, 6.07) is 4.48. The Kier molecular flexibility index (Phi) is 3.59. The van der Waals surface area contributed by atoms with Crippen molar-refractivity contribution >= 4 is 11.0 Å². The van der Waals surface area contributed by atoms with Crippen molar-refractivity contribution in [2.75, 3.05) is 0 Å². The first-order chi connectivity index (χ1) is 9.70. The lowest BCUT2D eigenvalue weighted by Gasteiger charge is -2.21. The van der Waals surface area contributed by atoms with Gasteiger partial charge in [0.2, 0.25) is 0 Å². The number of hydrazine groups is 1. The Morgan fingerprint density at radius 2 is 2.20 bits per heavy atom. The van der Waals surface area contributed by atoms with Gasteiger partial charge in [-0.15, -0.1) is 0 Å². The monoisotopic (exact) mass is 274 g/mol. The second-order valence-corrected chi connectivity index (χ2v) is 5.36. The molecule has 0 radical (unpaired) electrons. The van der Waals surface area contributed by atoms with Crippen molar-refractivity contribution in [1.82, 2.24) is 5.43 Å². The quantitative estimate of drug-likeness (QED) is 0.507. The van der Waals surface area contributed by atoms with Gasteiger partial charge in [0.25, 0.3) is 0 Å². The first-order valence-corrected chi connectivity index (χ1v) is 7.04. The van der Waals surface area contributed by atoms with E-state index in [1.807, 2.05) is 6.92 Å². The van der Waals surface area contributed by atoms with Gasteiger partial charge < -0.3 is 4.42 Å². The van der Waals surface area contributed by atoms with Crippen molar-refractivity contribution in [2.24, 2.45) is 5.84 Å². The molecule has 1 aromatic carbocycles. The van der Waals surface area contributed by atoms with Gasteiger partial charge in [0.15, 0.2) is 0 Å². The van der Waals surface area contributed by atoms with Crippen LogP contribution in [0.4, 0.5) is 4.39 Å². The summed E-state index contributed by atoms with van der Waals surface area (Å²) in [5.74, 6) is 6.28. The molecule has 3 nitrogen and oxygen atoms in total.